The van der Waals surface area contributed by atoms with Gasteiger partial charge in [0.15, 0.2) is 0 Å². The molecule has 1 atom stereocenters. The molecular weight excluding hydrogens is 240 g/mol. The standard InChI is InChI=1S/C15H20N2O2/c1-17-11-10-16-14(17)8-9-15(18,12-19-2)13-6-4-3-5-7-13/h3-7,10-11,18H,8-9,12H2,1-2H3. The lowest BCUT2D eigenvalue weighted by molar-refractivity contribution is -0.0422. The molecule has 19 heavy (non-hydrogen) atoms. The highest BCUT2D eigenvalue weighted by molar-refractivity contribution is 5.22. The number of hydrogen-bond donors (Lipinski definition) is 1. The summed E-state index contributed by atoms with van der Waals surface area (Å²) in [5.41, 5.74) is -0.0897. The van der Waals surface area contributed by atoms with E-state index in [-0.39, 0.29) is 6.61 Å². The van der Waals surface area contributed by atoms with E-state index in [2.05, 4.69) is 4.98 Å². The summed E-state index contributed by atoms with van der Waals surface area (Å²) < 4.78 is 7.15. The van der Waals surface area contributed by atoms with Crippen LogP contribution in [-0.2, 0) is 23.8 Å². The molecule has 0 aliphatic heterocycles. The van der Waals surface area contributed by atoms with Gasteiger partial charge in [-0.15, -0.1) is 0 Å². The first-order valence-electron chi connectivity index (χ1n) is 6.39. The first kappa shape index (κ1) is 13.8. The number of rotatable bonds is 6. The fourth-order valence-electron chi connectivity index (χ4n) is 2.24. The molecule has 0 saturated heterocycles. The number of aromatic nitrogens is 2. The molecule has 1 heterocycles. The Kier molecular flexibility index (Phi) is 4.35. The van der Waals surface area contributed by atoms with Gasteiger partial charge in [-0.3, -0.25) is 0 Å². The zero-order valence-corrected chi connectivity index (χ0v) is 11.4. The van der Waals surface area contributed by atoms with E-state index in [4.69, 9.17) is 4.74 Å². The van der Waals surface area contributed by atoms with Crippen LogP contribution in [0.4, 0.5) is 0 Å². The highest BCUT2D eigenvalue weighted by Crippen LogP contribution is 2.26. The molecule has 0 spiro atoms. The van der Waals surface area contributed by atoms with E-state index in [9.17, 15) is 5.11 Å². The van der Waals surface area contributed by atoms with Crippen molar-refractivity contribution in [1.82, 2.24) is 9.55 Å². The number of nitrogens with zero attached hydrogens (tertiary/aromatic N) is 2. The van der Waals surface area contributed by atoms with E-state index in [0.29, 0.717) is 12.8 Å². The summed E-state index contributed by atoms with van der Waals surface area (Å²) in [4.78, 5) is 4.28. The fraction of sp³-hybridized carbons (Fsp3) is 0.400. The largest absolute Gasteiger partial charge is 0.383 e. The minimum absolute atomic E-state index is 0.279. The van der Waals surface area contributed by atoms with E-state index < -0.39 is 5.60 Å². The number of aryl methyl sites for hydroxylation is 2. The Morgan fingerprint density at radius 1 is 1.32 bits per heavy atom. The summed E-state index contributed by atoms with van der Waals surface area (Å²) in [6.45, 7) is 0.279. The van der Waals surface area contributed by atoms with Gasteiger partial charge in [-0.05, 0) is 12.0 Å². The van der Waals surface area contributed by atoms with Crippen molar-refractivity contribution in [2.75, 3.05) is 13.7 Å². The van der Waals surface area contributed by atoms with Crippen LogP contribution >= 0.6 is 0 Å². The number of hydrogen-bond acceptors (Lipinski definition) is 3. The highest BCUT2D eigenvalue weighted by atomic mass is 16.5. The Balaban J connectivity index is 2.14. The average molecular weight is 260 g/mol. The molecule has 1 N–H and O–H groups in total. The quantitative estimate of drug-likeness (QED) is 0.862. The van der Waals surface area contributed by atoms with Crippen LogP contribution in [0.5, 0.6) is 0 Å². The van der Waals surface area contributed by atoms with Crippen LogP contribution in [0.25, 0.3) is 0 Å². The predicted octanol–water partition coefficient (Wildman–Crippen LogP) is 1.89. The second-order valence-corrected chi connectivity index (χ2v) is 4.78. The van der Waals surface area contributed by atoms with E-state index in [0.717, 1.165) is 11.4 Å². The van der Waals surface area contributed by atoms with Crippen molar-refractivity contribution in [3.63, 3.8) is 0 Å². The molecule has 0 aliphatic carbocycles. The summed E-state index contributed by atoms with van der Waals surface area (Å²) in [5.74, 6) is 0.963. The van der Waals surface area contributed by atoms with Gasteiger partial charge in [0, 0.05) is 33.0 Å². The van der Waals surface area contributed by atoms with Gasteiger partial charge < -0.3 is 14.4 Å². The molecule has 2 aromatic rings. The molecular formula is C15H20N2O2. The van der Waals surface area contributed by atoms with Crippen molar-refractivity contribution in [3.8, 4) is 0 Å². The molecule has 4 heteroatoms. The molecule has 102 valence electrons. The number of imidazole rings is 1. The van der Waals surface area contributed by atoms with Crippen LogP contribution in [0.15, 0.2) is 42.7 Å². The summed E-state index contributed by atoms with van der Waals surface area (Å²) >= 11 is 0. The van der Waals surface area contributed by atoms with Crippen molar-refractivity contribution in [1.29, 1.82) is 0 Å². The van der Waals surface area contributed by atoms with Crippen molar-refractivity contribution >= 4 is 0 Å². The first-order valence-corrected chi connectivity index (χ1v) is 6.39. The van der Waals surface area contributed by atoms with Crippen LogP contribution in [0.3, 0.4) is 0 Å². The van der Waals surface area contributed by atoms with Crippen LogP contribution < -0.4 is 0 Å². The van der Waals surface area contributed by atoms with E-state index in [1.54, 1.807) is 13.3 Å². The molecule has 0 saturated carbocycles. The Morgan fingerprint density at radius 2 is 2.05 bits per heavy atom. The van der Waals surface area contributed by atoms with Crippen LogP contribution in [0.1, 0.15) is 17.8 Å². The Bertz CT molecular complexity index is 510. The van der Waals surface area contributed by atoms with E-state index in [1.165, 1.54) is 0 Å². The molecule has 4 nitrogen and oxygen atoms in total. The van der Waals surface area contributed by atoms with Crippen LogP contribution in [0, 0.1) is 0 Å². The SMILES string of the molecule is COCC(O)(CCc1nccn1C)c1ccccc1. The van der Waals surface area contributed by atoms with Gasteiger partial charge in [-0.25, -0.2) is 4.98 Å². The molecule has 1 aromatic heterocycles. The number of benzene rings is 1. The highest BCUT2D eigenvalue weighted by Gasteiger charge is 2.29. The second kappa shape index (κ2) is 5.99. The fourth-order valence-corrected chi connectivity index (χ4v) is 2.24. The third-order valence-corrected chi connectivity index (χ3v) is 3.38. The molecule has 1 aromatic carbocycles. The maximum absolute atomic E-state index is 10.8. The smallest absolute Gasteiger partial charge is 0.113 e. The topological polar surface area (TPSA) is 47.3 Å². The lowest BCUT2D eigenvalue weighted by Gasteiger charge is -2.27. The van der Waals surface area contributed by atoms with Gasteiger partial charge in [-0.2, -0.15) is 0 Å². The number of methoxy groups -OCH3 is 1. The zero-order chi connectivity index (χ0) is 13.7. The van der Waals surface area contributed by atoms with Gasteiger partial charge in [0.1, 0.15) is 11.4 Å². The van der Waals surface area contributed by atoms with Crippen molar-refractivity contribution in [2.45, 2.75) is 18.4 Å². The molecule has 0 aliphatic rings. The molecule has 2 rings (SSSR count). The number of ether oxygens (including phenoxy) is 1. The third-order valence-electron chi connectivity index (χ3n) is 3.38. The Hall–Kier alpha value is -1.65. The molecule has 0 amide bonds. The Labute approximate surface area is 113 Å². The van der Waals surface area contributed by atoms with Crippen LogP contribution in [0.2, 0.25) is 0 Å². The van der Waals surface area contributed by atoms with Crippen molar-refractivity contribution in [2.24, 2.45) is 7.05 Å². The van der Waals surface area contributed by atoms with Crippen molar-refractivity contribution in [3.05, 3.63) is 54.1 Å². The van der Waals surface area contributed by atoms with Gasteiger partial charge >= 0.3 is 0 Å². The van der Waals surface area contributed by atoms with Crippen molar-refractivity contribution < 1.29 is 9.84 Å². The average Bonchev–Trinajstić information content (AvgIpc) is 2.83. The molecule has 1 unspecified atom stereocenters. The summed E-state index contributed by atoms with van der Waals surface area (Å²) in [5, 5.41) is 10.8. The predicted molar refractivity (Wildman–Crippen MR) is 73.7 cm³/mol. The zero-order valence-electron chi connectivity index (χ0n) is 11.4. The van der Waals surface area contributed by atoms with Gasteiger partial charge in [-0.1, -0.05) is 30.3 Å². The van der Waals surface area contributed by atoms with E-state index in [1.807, 2.05) is 48.1 Å². The normalized spacial score (nSPS) is 14.3. The molecule has 0 fully saturated rings. The lowest BCUT2D eigenvalue weighted by atomic mass is 9.89. The van der Waals surface area contributed by atoms with Gasteiger partial charge in [0.25, 0.3) is 0 Å². The third kappa shape index (κ3) is 3.22. The summed E-state index contributed by atoms with van der Waals surface area (Å²) in [6.07, 6.45) is 4.97. The summed E-state index contributed by atoms with van der Waals surface area (Å²) in [6, 6.07) is 9.65. The Morgan fingerprint density at radius 3 is 2.63 bits per heavy atom. The summed E-state index contributed by atoms with van der Waals surface area (Å²) in [7, 11) is 3.56. The minimum Gasteiger partial charge on any atom is -0.383 e. The van der Waals surface area contributed by atoms with E-state index >= 15 is 0 Å². The molecule has 0 bridgehead atoms. The maximum atomic E-state index is 10.8. The number of aliphatic hydroxyl groups is 1. The minimum atomic E-state index is -0.970. The lowest BCUT2D eigenvalue weighted by Crippen LogP contribution is -2.32. The molecule has 0 radical (unpaired) electrons. The van der Waals surface area contributed by atoms with Gasteiger partial charge in [0.05, 0.1) is 6.61 Å². The first-order chi connectivity index (χ1) is 9.15. The monoisotopic (exact) mass is 260 g/mol. The maximum Gasteiger partial charge on any atom is 0.113 e. The van der Waals surface area contributed by atoms with Crippen LogP contribution in [-0.4, -0.2) is 28.4 Å². The second-order valence-electron chi connectivity index (χ2n) is 4.78. The van der Waals surface area contributed by atoms with Gasteiger partial charge in [0.2, 0.25) is 0 Å².